The van der Waals surface area contributed by atoms with Crippen LogP contribution in [-0.4, -0.2) is 36.2 Å². The van der Waals surface area contributed by atoms with Gasteiger partial charge in [0.25, 0.3) is 0 Å². The number of hydrogen-bond acceptors (Lipinski definition) is 3. The number of phenolic OH excluding ortho intramolecular Hbond substituents is 1. The second kappa shape index (κ2) is 5.21. The monoisotopic (exact) mass is 258 g/mol. The highest BCUT2D eigenvalue weighted by Gasteiger charge is 2.17. The molecule has 2 N–H and O–H groups in total. The average Bonchev–Trinajstić information content (AvgIpc) is 2.35. The number of nitrogens with one attached hydrogen (secondary N) is 1. The standard InChI is InChI=1S/C12H16ClFN2O/c1-8-6-9(11(14)12(17)10(8)13)7-16-4-2-15-3-5-16/h6,15,17H,2-5,7H2,1H3. The van der Waals surface area contributed by atoms with Crippen LogP contribution in [0.4, 0.5) is 4.39 Å². The number of benzene rings is 1. The molecule has 1 aliphatic heterocycles. The van der Waals surface area contributed by atoms with Gasteiger partial charge in [-0.1, -0.05) is 17.7 Å². The van der Waals surface area contributed by atoms with E-state index in [9.17, 15) is 9.50 Å². The Bertz CT molecular complexity index is 419. The molecular weight excluding hydrogens is 243 g/mol. The van der Waals surface area contributed by atoms with Crippen molar-refractivity contribution in [3.8, 4) is 5.75 Å². The van der Waals surface area contributed by atoms with E-state index < -0.39 is 11.6 Å². The smallest absolute Gasteiger partial charge is 0.170 e. The molecule has 0 amide bonds. The summed E-state index contributed by atoms with van der Waals surface area (Å²) < 4.78 is 13.8. The fourth-order valence-electron chi connectivity index (χ4n) is 2.05. The van der Waals surface area contributed by atoms with Gasteiger partial charge in [0.05, 0.1) is 5.02 Å². The lowest BCUT2D eigenvalue weighted by atomic mass is 10.1. The summed E-state index contributed by atoms with van der Waals surface area (Å²) in [5.74, 6) is -1.03. The molecule has 1 aliphatic rings. The minimum Gasteiger partial charge on any atom is -0.504 e. The number of nitrogens with zero attached hydrogens (tertiary/aromatic N) is 1. The van der Waals surface area contributed by atoms with Crippen LogP contribution >= 0.6 is 11.6 Å². The van der Waals surface area contributed by atoms with Gasteiger partial charge in [-0.2, -0.15) is 0 Å². The summed E-state index contributed by atoms with van der Waals surface area (Å²) in [6, 6.07) is 1.71. The van der Waals surface area contributed by atoms with Gasteiger partial charge in [0.1, 0.15) is 0 Å². The predicted octanol–water partition coefficient (Wildman–Crippen LogP) is 1.90. The van der Waals surface area contributed by atoms with Crippen molar-refractivity contribution >= 4 is 11.6 Å². The van der Waals surface area contributed by atoms with Crippen LogP contribution in [0.2, 0.25) is 5.02 Å². The Kier molecular flexibility index (Phi) is 3.86. The van der Waals surface area contributed by atoms with E-state index in [1.54, 1.807) is 13.0 Å². The molecule has 1 aromatic carbocycles. The Hall–Kier alpha value is -0.840. The first-order valence-corrected chi connectivity index (χ1v) is 6.07. The van der Waals surface area contributed by atoms with Crippen molar-refractivity contribution in [2.75, 3.05) is 26.2 Å². The molecule has 0 radical (unpaired) electrons. The molecular formula is C12H16ClFN2O. The van der Waals surface area contributed by atoms with Crippen molar-refractivity contribution in [2.24, 2.45) is 0 Å². The van der Waals surface area contributed by atoms with Crippen LogP contribution in [0.3, 0.4) is 0 Å². The van der Waals surface area contributed by atoms with Gasteiger partial charge in [0, 0.05) is 38.3 Å². The first-order chi connectivity index (χ1) is 8.09. The van der Waals surface area contributed by atoms with Gasteiger partial charge in [-0.3, -0.25) is 4.90 Å². The molecule has 0 aliphatic carbocycles. The summed E-state index contributed by atoms with van der Waals surface area (Å²) in [6.07, 6.45) is 0. The third-order valence-electron chi connectivity index (χ3n) is 3.04. The van der Waals surface area contributed by atoms with Gasteiger partial charge in [0.15, 0.2) is 11.6 Å². The predicted molar refractivity (Wildman–Crippen MR) is 66.0 cm³/mol. The summed E-state index contributed by atoms with van der Waals surface area (Å²) in [5.41, 5.74) is 1.21. The van der Waals surface area contributed by atoms with Crippen molar-refractivity contribution in [3.63, 3.8) is 0 Å². The Morgan fingerprint density at radius 3 is 2.76 bits per heavy atom. The van der Waals surface area contributed by atoms with Crippen molar-refractivity contribution in [3.05, 3.63) is 28.0 Å². The summed E-state index contributed by atoms with van der Waals surface area (Å²) >= 11 is 5.78. The maximum atomic E-state index is 13.8. The number of phenols is 1. The molecule has 0 spiro atoms. The lowest BCUT2D eigenvalue weighted by molar-refractivity contribution is 0.229. The Labute approximate surface area is 105 Å². The van der Waals surface area contributed by atoms with Crippen molar-refractivity contribution in [2.45, 2.75) is 13.5 Å². The maximum absolute atomic E-state index is 13.8. The van der Waals surface area contributed by atoms with Gasteiger partial charge in [-0.15, -0.1) is 0 Å². The highest BCUT2D eigenvalue weighted by atomic mass is 35.5. The molecule has 0 bridgehead atoms. The van der Waals surface area contributed by atoms with Crippen LogP contribution in [0.1, 0.15) is 11.1 Å². The Morgan fingerprint density at radius 1 is 1.47 bits per heavy atom. The fraction of sp³-hybridized carbons (Fsp3) is 0.500. The van der Waals surface area contributed by atoms with Crippen molar-refractivity contribution < 1.29 is 9.50 Å². The summed E-state index contributed by atoms with van der Waals surface area (Å²) in [6.45, 7) is 5.89. The van der Waals surface area contributed by atoms with Crippen LogP contribution < -0.4 is 5.32 Å². The van der Waals surface area contributed by atoms with Crippen LogP contribution in [-0.2, 0) is 6.54 Å². The van der Waals surface area contributed by atoms with Gasteiger partial charge in [0.2, 0.25) is 0 Å². The molecule has 5 heteroatoms. The van der Waals surface area contributed by atoms with Crippen molar-refractivity contribution in [1.29, 1.82) is 0 Å². The second-order valence-electron chi connectivity index (χ2n) is 4.36. The van der Waals surface area contributed by atoms with E-state index in [0.29, 0.717) is 17.7 Å². The Morgan fingerprint density at radius 2 is 2.12 bits per heavy atom. The molecule has 17 heavy (non-hydrogen) atoms. The number of aromatic hydroxyl groups is 1. The highest BCUT2D eigenvalue weighted by molar-refractivity contribution is 6.32. The molecule has 2 rings (SSSR count). The minimum atomic E-state index is -0.598. The minimum absolute atomic E-state index is 0.103. The largest absolute Gasteiger partial charge is 0.504 e. The topological polar surface area (TPSA) is 35.5 Å². The fourth-order valence-corrected chi connectivity index (χ4v) is 2.19. The van der Waals surface area contributed by atoms with Crippen LogP contribution in [0.15, 0.2) is 6.07 Å². The van der Waals surface area contributed by atoms with E-state index in [1.165, 1.54) is 0 Å². The summed E-state index contributed by atoms with van der Waals surface area (Å²) in [7, 11) is 0. The second-order valence-corrected chi connectivity index (χ2v) is 4.73. The van der Waals surface area contributed by atoms with E-state index in [2.05, 4.69) is 10.2 Å². The SMILES string of the molecule is Cc1cc(CN2CCNCC2)c(F)c(O)c1Cl. The lowest BCUT2D eigenvalue weighted by Crippen LogP contribution is -2.43. The van der Waals surface area contributed by atoms with Crippen LogP contribution in [0, 0.1) is 12.7 Å². The quantitative estimate of drug-likeness (QED) is 0.851. The number of rotatable bonds is 2. The molecule has 1 aromatic rings. The van der Waals surface area contributed by atoms with Crippen LogP contribution in [0.5, 0.6) is 5.75 Å². The van der Waals surface area contributed by atoms with Gasteiger partial charge < -0.3 is 10.4 Å². The molecule has 0 saturated carbocycles. The molecule has 1 heterocycles. The molecule has 0 aromatic heterocycles. The number of aryl methyl sites for hydroxylation is 1. The molecule has 94 valence electrons. The van der Waals surface area contributed by atoms with E-state index in [-0.39, 0.29) is 5.02 Å². The third kappa shape index (κ3) is 2.70. The number of piperazine rings is 1. The molecule has 1 saturated heterocycles. The number of halogens is 2. The average molecular weight is 259 g/mol. The van der Waals surface area contributed by atoms with Gasteiger partial charge in [-0.05, 0) is 12.5 Å². The van der Waals surface area contributed by atoms with E-state index in [1.807, 2.05) is 0 Å². The highest BCUT2D eigenvalue weighted by Crippen LogP contribution is 2.32. The normalized spacial score (nSPS) is 17.4. The zero-order valence-electron chi connectivity index (χ0n) is 9.76. The summed E-state index contributed by atoms with van der Waals surface area (Å²) in [4.78, 5) is 2.15. The Balaban J connectivity index is 2.20. The first-order valence-electron chi connectivity index (χ1n) is 5.69. The molecule has 0 atom stereocenters. The molecule has 3 nitrogen and oxygen atoms in total. The lowest BCUT2D eigenvalue weighted by Gasteiger charge is -2.27. The van der Waals surface area contributed by atoms with E-state index in [4.69, 9.17) is 11.6 Å². The summed E-state index contributed by atoms with van der Waals surface area (Å²) in [5, 5.41) is 12.9. The zero-order chi connectivity index (χ0) is 12.4. The molecule has 1 fully saturated rings. The first kappa shape index (κ1) is 12.6. The van der Waals surface area contributed by atoms with Gasteiger partial charge >= 0.3 is 0 Å². The van der Waals surface area contributed by atoms with E-state index >= 15 is 0 Å². The maximum Gasteiger partial charge on any atom is 0.170 e. The van der Waals surface area contributed by atoms with Crippen LogP contribution in [0.25, 0.3) is 0 Å². The van der Waals surface area contributed by atoms with Gasteiger partial charge in [-0.25, -0.2) is 4.39 Å². The third-order valence-corrected chi connectivity index (χ3v) is 3.52. The zero-order valence-corrected chi connectivity index (χ0v) is 10.5. The van der Waals surface area contributed by atoms with E-state index in [0.717, 1.165) is 26.2 Å². The molecule has 0 unspecified atom stereocenters. The number of hydrogen-bond donors (Lipinski definition) is 2. The van der Waals surface area contributed by atoms with Crippen molar-refractivity contribution in [1.82, 2.24) is 10.2 Å².